The molecule has 0 atom stereocenters. The number of nitrogens with one attached hydrogen (secondary N) is 1. The standard InChI is InChI=1S/C18H21NO5S2/c1-12-10-16(11-17(13(12)2)18(21)24-3)26(22,23)19-8-9-25-15-6-4-14(20)5-7-15/h4-7,10-11,19-20H,8-9H2,1-3H3. The molecule has 8 heteroatoms. The number of hydrogen-bond donors (Lipinski definition) is 2. The monoisotopic (exact) mass is 395 g/mol. The quantitative estimate of drug-likeness (QED) is 0.425. The molecule has 0 spiro atoms. The fourth-order valence-electron chi connectivity index (χ4n) is 2.27. The van der Waals surface area contributed by atoms with Gasteiger partial charge in [-0.05, 0) is 61.4 Å². The average molecular weight is 396 g/mol. The normalized spacial score (nSPS) is 11.3. The third-order valence-electron chi connectivity index (χ3n) is 3.86. The number of esters is 1. The van der Waals surface area contributed by atoms with Crippen LogP contribution in [0.2, 0.25) is 0 Å². The number of sulfonamides is 1. The summed E-state index contributed by atoms with van der Waals surface area (Å²) in [6, 6.07) is 9.56. The van der Waals surface area contributed by atoms with Crippen LogP contribution in [0.4, 0.5) is 0 Å². The lowest BCUT2D eigenvalue weighted by Crippen LogP contribution is -2.26. The summed E-state index contributed by atoms with van der Waals surface area (Å²) >= 11 is 1.47. The number of benzene rings is 2. The van der Waals surface area contributed by atoms with Crippen molar-refractivity contribution in [1.82, 2.24) is 4.72 Å². The molecular formula is C18H21NO5S2. The van der Waals surface area contributed by atoms with Gasteiger partial charge in [0.2, 0.25) is 10.0 Å². The molecule has 140 valence electrons. The first-order valence-electron chi connectivity index (χ1n) is 7.85. The van der Waals surface area contributed by atoms with Gasteiger partial charge in [-0.3, -0.25) is 0 Å². The van der Waals surface area contributed by atoms with Crippen molar-refractivity contribution in [2.75, 3.05) is 19.4 Å². The molecule has 2 aromatic carbocycles. The molecule has 2 aromatic rings. The lowest BCUT2D eigenvalue weighted by molar-refractivity contribution is 0.0599. The Kier molecular flexibility index (Phi) is 6.69. The van der Waals surface area contributed by atoms with E-state index >= 15 is 0 Å². The average Bonchev–Trinajstić information content (AvgIpc) is 2.61. The van der Waals surface area contributed by atoms with Crippen molar-refractivity contribution in [1.29, 1.82) is 0 Å². The van der Waals surface area contributed by atoms with E-state index in [1.54, 1.807) is 38.1 Å². The Morgan fingerprint density at radius 2 is 1.85 bits per heavy atom. The van der Waals surface area contributed by atoms with Gasteiger partial charge in [-0.1, -0.05) is 0 Å². The van der Waals surface area contributed by atoms with E-state index < -0.39 is 16.0 Å². The lowest BCUT2D eigenvalue weighted by atomic mass is 10.0. The minimum absolute atomic E-state index is 0.0376. The number of rotatable bonds is 7. The lowest BCUT2D eigenvalue weighted by Gasteiger charge is -2.12. The van der Waals surface area contributed by atoms with Gasteiger partial charge in [0.1, 0.15) is 5.75 Å². The van der Waals surface area contributed by atoms with Crippen LogP contribution in [0.1, 0.15) is 21.5 Å². The molecule has 26 heavy (non-hydrogen) atoms. The first kappa shape index (κ1) is 20.3. The molecule has 2 N–H and O–H groups in total. The summed E-state index contributed by atoms with van der Waals surface area (Å²) in [5, 5.41) is 9.25. The van der Waals surface area contributed by atoms with Gasteiger partial charge in [0.05, 0.1) is 17.6 Å². The second kappa shape index (κ2) is 8.57. The summed E-state index contributed by atoms with van der Waals surface area (Å²) in [7, 11) is -2.48. The van der Waals surface area contributed by atoms with Gasteiger partial charge in [0.15, 0.2) is 0 Å². The number of hydrogen-bond acceptors (Lipinski definition) is 6. The maximum Gasteiger partial charge on any atom is 0.338 e. The highest BCUT2D eigenvalue weighted by atomic mass is 32.2. The highest BCUT2D eigenvalue weighted by molar-refractivity contribution is 7.99. The van der Waals surface area contributed by atoms with Crippen LogP contribution in [0.25, 0.3) is 0 Å². The second-order valence-electron chi connectivity index (χ2n) is 5.64. The summed E-state index contributed by atoms with van der Waals surface area (Å²) in [5.74, 6) is 0.148. The Bertz CT molecular complexity index is 893. The predicted octanol–water partition coefficient (Wildman–Crippen LogP) is 2.87. The molecule has 2 rings (SSSR count). The van der Waals surface area contributed by atoms with E-state index in [9.17, 15) is 18.3 Å². The number of phenols is 1. The zero-order chi connectivity index (χ0) is 19.3. The van der Waals surface area contributed by atoms with Crippen molar-refractivity contribution in [2.24, 2.45) is 0 Å². The van der Waals surface area contributed by atoms with Crippen molar-refractivity contribution >= 4 is 27.8 Å². The summed E-state index contributed by atoms with van der Waals surface area (Å²) in [6.07, 6.45) is 0. The molecule has 0 radical (unpaired) electrons. The van der Waals surface area contributed by atoms with Crippen molar-refractivity contribution in [3.8, 4) is 5.75 Å². The fraction of sp³-hybridized carbons (Fsp3) is 0.278. The van der Waals surface area contributed by atoms with Crippen LogP contribution < -0.4 is 4.72 Å². The molecule has 0 unspecified atom stereocenters. The largest absolute Gasteiger partial charge is 0.508 e. The van der Waals surface area contributed by atoms with Gasteiger partial charge in [0.25, 0.3) is 0 Å². The van der Waals surface area contributed by atoms with E-state index in [0.717, 1.165) is 4.90 Å². The molecule has 0 saturated carbocycles. The zero-order valence-electron chi connectivity index (χ0n) is 14.8. The highest BCUT2D eigenvalue weighted by Crippen LogP contribution is 2.22. The molecule has 0 heterocycles. The Hall–Kier alpha value is -2.03. The fourth-order valence-corrected chi connectivity index (χ4v) is 4.31. The van der Waals surface area contributed by atoms with Crippen molar-refractivity contribution in [2.45, 2.75) is 23.6 Å². The Balaban J connectivity index is 2.06. The number of ether oxygens (including phenoxy) is 1. The van der Waals surface area contributed by atoms with Gasteiger partial charge in [0, 0.05) is 17.2 Å². The van der Waals surface area contributed by atoms with Gasteiger partial charge in [-0.2, -0.15) is 0 Å². The van der Waals surface area contributed by atoms with Crippen LogP contribution in [0.15, 0.2) is 46.2 Å². The molecule has 0 amide bonds. The number of carbonyl (C=O) groups excluding carboxylic acids is 1. The molecule has 0 aromatic heterocycles. The molecular weight excluding hydrogens is 374 g/mol. The van der Waals surface area contributed by atoms with Gasteiger partial charge in [-0.25, -0.2) is 17.9 Å². The molecule has 0 aliphatic carbocycles. The van der Waals surface area contributed by atoms with E-state index in [0.29, 0.717) is 16.9 Å². The highest BCUT2D eigenvalue weighted by Gasteiger charge is 2.19. The second-order valence-corrected chi connectivity index (χ2v) is 8.58. The molecule has 0 bridgehead atoms. The van der Waals surface area contributed by atoms with Gasteiger partial charge < -0.3 is 9.84 Å². The maximum absolute atomic E-state index is 12.5. The Morgan fingerprint density at radius 3 is 2.46 bits per heavy atom. The van der Waals surface area contributed by atoms with Crippen LogP contribution >= 0.6 is 11.8 Å². The minimum Gasteiger partial charge on any atom is -0.508 e. The number of carbonyl (C=O) groups is 1. The number of aromatic hydroxyl groups is 1. The van der Waals surface area contributed by atoms with Crippen LogP contribution in [-0.2, 0) is 14.8 Å². The van der Waals surface area contributed by atoms with Gasteiger partial charge >= 0.3 is 5.97 Å². The van der Waals surface area contributed by atoms with Gasteiger partial charge in [-0.15, -0.1) is 11.8 Å². The number of phenolic OH excluding ortho intramolecular Hbond substituents is 1. The van der Waals surface area contributed by atoms with E-state index in [2.05, 4.69) is 4.72 Å². The van der Waals surface area contributed by atoms with Crippen LogP contribution in [0, 0.1) is 13.8 Å². The maximum atomic E-state index is 12.5. The Morgan fingerprint density at radius 1 is 1.19 bits per heavy atom. The molecule has 0 fully saturated rings. The molecule has 0 aliphatic heterocycles. The summed E-state index contributed by atoms with van der Waals surface area (Å²) in [5.41, 5.74) is 1.64. The van der Waals surface area contributed by atoms with E-state index in [1.807, 2.05) is 0 Å². The SMILES string of the molecule is COC(=O)c1cc(S(=O)(=O)NCCSc2ccc(O)cc2)cc(C)c1C. The summed E-state index contributed by atoms with van der Waals surface area (Å²) < 4.78 is 32.3. The van der Waals surface area contributed by atoms with Crippen molar-refractivity contribution < 1.29 is 23.1 Å². The van der Waals surface area contributed by atoms with Crippen molar-refractivity contribution in [3.05, 3.63) is 53.1 Å². The van der Waals surface area contributed by atoms with Crippen LogP contribution in [-0.4, -0.2) is 38.9 Å². The van der Waals surface area contributed by atoms with E-state index in [-0.39, 0.29) is 22.8 Å². The number of methoxy groups -OCH3 is 1. The minimum atomic E-state index is -3.74. The van der Waals surface area contributed by atoms with Crippen LogP contribution in [0.3, 0.4) is 0 Å². The van der Waals surface area contributed by atoms with Crippen LogP contribution in [0.5, 0.6) is 5.75 Å². The predicted molar refractivity (Wildman–Crippen MR) is 101 cm³/mol. The van der Waals surface area contributed by atoms with E-state index in [4.69, 9.17) is 4.74 Å². The van der Waals surface area contributed by atoms with E-state index in [1.165, 1.54) is 31.0 Å². The molecule has 0 saturated heterocycles. The first-order chi connectivity index (χ1) is 12.2. The number of aryl methyl sites for hydroxylation is 1. The summed E-state index contributed by atoms with van der Waals surface area (Å²) in [6.45, 7) is 3.73. The third kappa shape index (κ3) is 5.00. The smallest absolute Gasteiger partial charge is 0.338 e. The first-order valence-corrected chi connectivity index (χ1v) is 10.3. The number of thioether (sulfide) groups is 1. The molecule has 6 nitrogen and oxygen atoms in total. The zero-order valence-corrected chi connectivity index (χ0v) is 16.4. The van der Waals surface area contributed by atoms with Crippen molar-refractivity contribution in [3.63, 3.8) is 0 Å². The topological polar surface area (TPSA) is 92.7 Å². The Labute approximate surface area is 157 Å². The summed E-state index contributed by atoms with van der Waals surface area (Å²) in [4.78, 5) is 12.8. The molecule has 0 aliphatic rings. The third-order valence-corrected chi connectivity index (χ3v) is 6.31.